The summed E-state index contributed by atoms with van der Waals surface area (Å²) >= 11 is 0. The highest BCUT2D eigenvalue weighted by Gasteiger charge is 1.87. The maximum Gasteiger partial charge on any atom is 0.329 e. The molecule has 0 heterocycles. The van der Waals surface area contributed by atoms with Gasteiger partial charge in [-0.05, 0) is 0 Å². The second-order valence-corrected chi connectivity index (χ2v) is 1.04. The Morgan fingerprint density at radius 3 is 2.50 bits per heavy atom. The lowest BCUT2D eigenvalue weighted by Gasteiger charge is -1.83. The molecule has 1 unspecified atom stereocenters. The maximum absolute atomic E-state index is 9.46. The van der Waals surface area contributed by atoms with E-state index in [-0.39, 0.29) is 6.61 Å². The van der Waals surface area contributed by atoms with Gasteiger partial charge in [-0.25, -0.2) is 4.79 Å². The molecular formula is C2H5O3P. The van der Waals surface area contributed by atoms with Crippen molar-refractivity contribution in [1.82, 2.24) is 0 Å². The lowest BCUT2D eigenvalue weighted by atomic mass is 10.8. The molecule has 0 bridgehead atoms. The minimum atomic E-state index is -0.954. The van der Waals surface area contributed by atoms with Crippen LogP contribution in [0.5, 0.6) is 0 Å². The van der Waals surface area contributed by atoms with Gasteiger partial charge in [-0.15, -0.1) is 0 Å². The molecule has 0 rings (SSSR count). The molecular weight excluding hydrogens is 103 g/mol. The molecule has 6 heavy (non-hydrogen) atoms. The molecule has 0 aliphatic carbocycles. The van der Waals surface area contributed by atoms with Crippen LogP contribution in [-0.4, -0.2) is 17.7 Å². The Morgan fingerprint density at radius 2 is 2.50 bits per heavy atom. The van der Waals surface area contributed by atoms with Crippen molar-refractivity contribution >= 4 is 15.4 Å². The predicted octanol–water partition coefficient (Wildman–Crippen LogP) is -0.122. The van der Waals surface area contributed by atoms with Crippen LogP contribution in [0.25, 0.3) is 0 Å². The van der Waals surface area contributed by atoms with E-state index in [9.17, 15) is 4.79 Å². The highest BCUT2D eigenvalue weighted by atomic mass is 31.0. The van der Waals surface area contributed by atoms with Crippen LogP contribution in [0.2, 0.25) is 0 Å². The molecule has 0 saturated heterocycles. The summed E-state index contributed by atoms with van der Waals surface area (Å²) in [6.45, 7) is -0.245. The summed E-state index contributed by atoms with van der Waals surface area (Å²) in [6.07, 6.45) is 0. The van der Waals surface area contributed by atoms with Gasteiger partial charge >= 0.3 is 5.97 Å². The van der Waals surface area contributed by atoms with Crippen LogP contribution < -0.4 is 0 Å². The van der Waals surface area contributed by atoms with Gasteiger partial charge in [0.15, 0.2) is 0 Å². The normalized spacial score (nSPS) is 8.17. The monoisotopic (exact) mass is 108 g/mol. The molecule has 0 aromatic rings. The third-order valence-corrected chi connectivity index (χ3v) is 0.373. The minimum Gasteiger partial charge on any atom is -0.480 e. The van der Waals surface area contributed by atoms with Crippen molar-refractivity contribution < 1.29 is 14.4 Å². The number of hydrogen-bond acceptors (Lipinski definition) is 2. The highest BCUT2D eigenvalue weighted by Crippen LogP contribution is 1.80. The fourth-order valence-electron chi connectivity index (χ4n) is 0.0713. The molecule has 3 nitrogen and oxygen atoms in total. The first-order valence-electron chi connectivity index (χ1n) is 1.31. The number of rotatable bonds is 2. The van der Waals surface area contributed by atoms with Crippen LogP contribution in [0.1, 0.15) is 0 Å². The lowest BCUT2D eigenvalue weighted by molar-refractivity contribution is -0.138. The number of carbonyl (C=O) groups is 1. The molecule has 0 amide bonds. The molecule has 0 radical (unpaired) electrons. The van der Waals surface area contributed by atoms with Crippen molar-refractivity contribution in [2.75, 3.05) is 6.61 Å². The second-order valence-electron chi connectivity index (χ2n) is 0.705. The van der Waals surface area contributed by atoms with E-state index in [2.05, 4.69) is 4.52 Å². The zero-order valence-corrected chi connectivity index (χ0v) is 4.20. The number of hydrogen-bond donors (Lipinski definition) is 1. The van der Waals surface area contributed by atoms with Gasteiger partial charge in [-0.3, -0.25) is 0 Å². The summed E-state index contributed by atoms with van der Waals surface area (Å²) in [5, 5.41) is 7.78. The van der Waals surface area contributed by atoms with E-state index in [1.54, 1.807) is 0 Å². The summed E-state index contributed by atoms with van der Waals surface area (Å²) in [7, 11) is 1.84. The van der Waals surface area contributed by atoms with Crippen molar-refractivity contribution in [2.45, 2.75) is 0 Å². The van der Waals surface area contributed by atoms with Gasteiger partial charge < -0.3 is 9.63 Å². The Bertz CT molecular complexity index is 52.8. The summed E-state index contributed by atoms with van der Waals surface area (Å²) in [5.41, 5.74) is 0. The molecule has 0 aliphatic rings. The maximum atomic E-state index is 9.46. The fourth-order valence-corrected chi connectivity index (χ4v) is 0.214. The lowest BCUT2D eigenvalue weighted by Crippen LogP contribution is -2.00. The van der Waals surface area contributed by atoms with Gasteiger partial charge in [0.25, 0.3) is 0 Å². The summed E-state index contributed by atoms with van der Waals surface area (Å²) in [4.78, 5) is 9.46. The molecule has 0 aromatic carbocycles. The van der Waals surface area contributed by atoms with Crippen molar-refractivity contribution in [1.29, 1.82) is 0 Å². The van der Waals surface area contributed by atoms with Crippen molar-refractivity contribution in [2.24, 2.45) is 0 Å². The van der Waals surface area contributed by atoms with E-state index in [1.807, 2.05) is 9.47 Å². The largest absolute Gasteiger partial charge is 0.480 e. The first-order chi connectivity index (χ1) is 2.77. The Balaban J connectivity index is 2.83. The number of carboxylic acid groups (broad SMARTS) is 1. The van der Waals surface area contributed by atoms with Crippen molar-refractivity contribution in [3.05, 3.63) is 0 Å². The molecule has 0 spiro atoms. The van der Waals surface area contributed by atoms with E-state index >= 15 is 0 Å². The summed E-state index contributed by atoms with van der Waals surface area (Å²) in [6, 6.07) is 0. The van der Waals surface area contributed by atoms with Crippen molar-refractivity contribution in [3.63, 3.8) is 0 Å². The predicted molar refractivity (Wildman–Crippen MR) is 23.3 cm³/mol. The third-order valence-electron chi connectivity index (χ3n) is 0.207. The second kappa shape index (κ2) is 3.07. The van der Waals surface area contributed by atoms with E-state index in [4.69, 9.17) is 5.11 Å². The van der Waals surface area contributed by atoms with Crippen LogP contribution >= 0.6 is 9.47 Å². The van der Waals surface area contributed by atoms with E-state index in [0.717, 1.165) is 0 Å². The van der Waals surface area contributed by atoms with Gasteiger partial charge in [0.05, 0.1) is 0 Å². The van der Waals surface area contributed by atoms with Gasteiger partial charge in [0, 0.05) is 9.47 Å². The van der Waals surface area contributed by atoms with Crippen LogP contribution in [0, 0.1) is 0 Å². The minimum absolute atomic E-state index is 0.245. The molecule has 0 fully saturated rings. The molecule has 1 N–H and O–H groups in total. The standard InChI is InChI=1S/C2H5O3P/c3-2(4)1-5-6/h1,6H2,(H,3,4). The van der Waals surface area contributed by atoms with Gasteiger partial charge in [0.2, 0.25) is 0 Å². The average molecular weight is 108 g/mol. The van der Waals surface area contributed by atoms with E-state index in [1.165, 1.54) is 0 Å². The topological polar surface area (TPSA) is 46.5 Å². The fraction of sp³-hybridized carbons (Fsp3) is 0.500. The van der Waals surface area contributed by atoms with Crippen LogP contribution in [0.3, 0.4) is 0 Å². The molecule has 36 valence electrons. The zero-order valence-electron chi connectivity index (χ0n) is 3.05. The highest BCUT2D eigenvalue weighted by molar-refractivity contribution is 7.09. The quantitative estimate of drug-likeness (QED) is 0.501. The first kappa shape index (κ1) is 5.86. The van der Waals surface area contributed by atoms with Crippen LogP contribution in [0.4, 0.5) is 0 Å². The molecule has 1 atom stereocenters. The Morgan fingerprint density at radius 1 is 2.00 bits per heavy atom. The first-order valence-corrected chi connectivity index (χ1v) is 1.78. The molecule has 0 aromatic heterocycles. The van der Waals surface area contributed by atoms with Gasteiger partial charge in [-0.2, -0.15) is 0 Å². The Kier molecular flexibility index (Phi) is 2.99. The third kappa shape index (κ3) is 3.86. The van der Waals surface area contributed by atoms with Gasteiger partial charge in [0.1, 0.15) is 6.61 Å². The zero-order chi connectivity index (χ0) is 4.99. The SMILES string of the molecule is O=C(O)COP. The number of aliphatic carboxylic acids is 1. The van der Waals surface area contributed by atoms with E-state index < -0.39 is 5.97 Å². The number of carboxylic acids is 1. The smallest absolute Gasteiger partial charge is 0.329 e. The summed E-state index contributed by atoms with van der Waals surface area (Å²) < 4.78 is 4.12. The van der Waals surface area contributed by atoms with Gasteiger partial charge in [-0.1, -0.05) is 0 Å². The van der Waals surface area contributed by atoms with E-state index in [0.29, 0.717) is 0 Å². The average Bonchev–Trinajstić information content (AvgIpc) is 1.35. The van der Waals surface area contributed by atoms with Crippen LogP contribution in [0.15, 0.2) is 0 Å². The summed E-state index contributed by atoms with van der Waals surface area (Å²) in [5.74, 6) is -0.954. The Hall–Kier alpha value is -0.140. The molecule has 0 aliphatic heterocycles. The molecule has 4 heteroatoms. The Labute approximate surface area is 37.6 Å². The molecule has 0 saturated carbocycles. The van der Waals surface area contributed by atoms with Crippen molar-refractivity contribution in [3.8, 4) is 0 Å². The van der Waals surface area contributed by atoms with Crippen LogP contribution in [-0.2, 0) is 9.32 Å².